The molecular weight excluding hydrogens is 330 g/mol. The van der Waals surface area contributed by atoms with E-state index < -0.39 is 0 Å². The van der Waals surface area contributed by atoms with Crippen LogP contribution in [0.5, 0.6) is 5.75 Å². The standard InChI is InChI=1S/C17H24ClN3O3/c1-20-7-12-8-21(9-14(20)11-23-10-12)17(22)15-6-13(18)2-3-16(15)24-5-4-19/h2-3,6,12,14H,4-5,7-11,19H2,1H3/t12-,14+/m1/s1. The maximum absolute atomic E-state index is 13.1. The van der Waals surface area contributed by atoms with Gasteiger partial charge in [-0.2, -0.15) is 0 Å². The van der Waals surface area contributed by atoms with Gasteiger partial charge in [0.1, 0.15) is 12.4 Å². The molecule has 2 bridgehead atoms. The van der Waals surface area contributed by atoms with E-state index >= 15 is 0 Å². The van der Waals surface area contributed by atoms with Crippen LogP contribution in [0.2, 0.25) is 5.02 Å². The van der Waals surface area contributed by atoms with E-state index in [1.54, 1.807) is 18.2 Å². The molecule has 1 aromatic rings. The van der Waals surface area contributed by atoms with Crippen LogP contribution in [-0.4, -0.2) is 74.8 Å². The quantitative estimate of drug-likeness (QED) is 0.877. The van der Waals surface area contributed by atoms with Crippen LogP contribution in [0.15, 0.2) is 18.2 Å². The highest BCUT2D eigenvalue weighted by atomic mass is 35.5. The van der Waals surface area contributed by atoms with Crippen molar-refractivity contribution in [1.29, 1.82) is 0 Å². The molecule has 0 unspecified atom stereocenters. The first kappa shape index (κ1) is 17.5. The summed E-state index contributed by atoms with van der Waals surface area (Å²) in [5, 5.41) is 0.522. The Balaban J connectivity index is 1.84. The molecule has 3 rings (SSSR count). The fourth-order valence-corrected chi connectivity index (χ4v) is 3.52. The molecule has 24 heavy (non-hydrogen) atoms. The number of carbonyl (C=O) groups is 1. The Morgan fingerprint density at radius 1 is 1.38 bits per heavy atom. The van der Waals surface area contributed by atoms with Crippen LogP contribution in [0.3, 0.4) is 0 Å². The van der Waals surface area contributed by atoms with Gasteiger partial charge < -0.3 is 20.1 Å². The minimum atomic E-state index is -0.0447. The van der Waals surface area contributed by atoms with E-state index in [0.717, 1.165) is 6.54 Å². The zero-order valence-electron chi connectivity index (χ0n) is 13.9. The summed E-state index contributed by atoms with van der Waals surface area (Å²) in [7, 11) is 2.09. The lowest BCUT2D eigenvalue weighted by Crippen LogP contribution is -2.44. The highest BCUT2D eigenvalue weighted by Crippen LogP contribution is 2.27. The van der Waals surface area contributed by atoms with Gasteiger partial charge in [0.25, 0.3) is 5.91 Å². The summed E-state index contributed by atoms with van der Waals surface area (Å²) in [6.07, 6.45) is 0. The number of nitrogens with two attached hydrogens (primary N) is 1. The Morgan fingerprint density at radius 3 is 3.00 bits per heavy atom. The molecule has 0 saturated carbocycles. The highest BCUT2D eigenvalue weighted by Gasteiger charge is 2.34. The van der Waals surface area contributed by atoms with Crippen LogP contribution in [0.25, 0.3) is 0 Å². The number of hydrogen-bond acceptors (Lipinski definition) is 5. The predicted molar refractivity (Wildman–Crippen MR) is 92.6 cm³/mol. The number of halogens is 1. The van der Waals surface area contributed by atoms with Crippen molar-refractivity contribution in [2.24, 2.45) is 11.7 Å². The molecule has 2 heterocycles. The van der Waals surface area contributed by atoms with Crippen LogP contribution in [0.1, 0.15) is 10.4 Å². The Kier molecular flexibility index (Phi) is 5.61. The van der Waals surface area contributed by atoms with E-state index in [2.05, 4.69) is 11.9 Å². The molecule has 1 aromatic carbocycles. The highest BCUT2D eigenvalue weighted by molar-refractivity contribution is 6.31. The van der Waals surface area contributed by atoms with Crippen LogP contribution < -0.4 is 10.5 Å². The normalized spacial score (nSPS) is 24.5. The Hall–Kier alpha value is -1.34. The summed E-state index contributed by atoms with van der Waals surface area (Å²) in [4.78, 5) is 17.3. The second-order valence-electron chi connectivity index (χ2n) is 6.48. The molecule has 7 heteroatoms. The number of ether oxygens (including phenoxy) is 2. The van der Waals surface area contributed by atoms with E-state index in [1.165, 1.54) is 0 Å². The van der Waals surface area contributed by atoms with Crippen molar-refractivity contribution in [3.63, 3.8) is 0 Å². The number of amides is 1. The second kappa shape index (κ2) is 7.70. The summed E-state index contributed by atoms with van der Waals surface area (Å²) in [6.45, 7) is 4.38. The van der Waals surface area contributed by atoms with E-state index in [-0.39, 0.29) is 11.9 Å². The lowest BCUT2D eigenvalue weighted by atomic mass is 10.1. The molecule has 2 N–H and O–H groups in total. The Morgan fingerprint density at radius 2 is 2.21 bits per heavy atom. The average molecular weight is 354 g/mol. The van der Waals surface area contributed by atoms with Crippen molar-refractivity contribution >= 4 is 17.5 Å². The summed E-state index contributed by atoms with van der Waals surface area (Å²) in [5.41, 5.74) is 6.01. The molecule has 2 atom stereocenters. The first-order valence-electron chi connectivity index (χ1n) is 8.28. The van der Waals surface area contributed by atoms with Crippen molar-refractivity contribution in [2.45, 2.75) is 6.04 Å². The van der Waals surface area contributed by atoms with Crippen LogP contribution in [-0.2, 0) is 4.74 Å². The van der Waals surface area contributed by atoms with Crippen LogP contribution in [0, 0.1) is 5.92 Å². The third-order valence-electron chi connectivity index (χ3n) is 4.58. The van der Waals surface area contributed by atoms with E-state index in [1.807, 2.05) is 4.90 Å². The van der Waals surface area contributed by atoms with Gasteiger partial charge in [-0.15, -0.1) is 0 Å². The Bertz CT molecular complexity index is 598. The van der Waals surface area contributed by atoms with Crippen LogP contribution >= 0.6 is 11.6 Å². The van der Waals surface area contributed by atoms with Crippen molar-refractivity contribution in [3.05, 3.63) is 28.8 Å². The molecule has 2 fully saturated rings. The van der Waals surface area contributed by atoms with Gasteiger partial charge >= 0.3 is 0 Å². The topological polar surface area (TPSA) is 68.0 Å². The molecule has 132 valence electrons. The number of nitrogens with zero attached hydrogens (tertiary/aromatic N) is 2. The minimum Gasteiger partial charge on any atom is -0.491 e. The summed E-state index contributed by atoms with van der Waals surface area (Å²) in [6, 6.07) is 5.35. The molecule has 0 aromatic heterocycles. The number of benzene rings is 1. The van der Waals surface area contributed by atoms with Gasteiger partial charge in [-0.3, -0.25) is 9.69 Å². The number of rotatable bonds is 4. The molecule has 0 radical (unpaired) electrons. The van der Waals surface area contributed by atoms with Crippen LogP contribution in [0.4, 0.5) is 0 Å². The van der Waals surface area contributed by atoms with Crippen molar-refractivity contribution < 1.29 is 14.3 Å². The van der Waals surface area contributed by atoms with E-state index in [4.69, 9.17) is 26.8 Å². The molecular formula is C17H24ClN3O3. The van der Waals surface area contributed by atoms with Crippen molar-refractivity contribution in [3.8, 4) is 5.75 Å². The monoisotopic (exact) mass is 353 g/mol. The number of carbonyl (C=O) groups excluding carboxylic acids is 1. The second-order valence-corrected chi connectivity index (χ2v) is 6.92. The first-order valence-corrected chi connectivity index (χ1v) is 8.66. The van der Waals surface area contributed by atoms with Gasteiger partial charge in [-0.25, -0.2) is 0 Å². The SMILES string of the molecule is CN1C[C@H]2COC[C@@H]1CN(C(=O)c1cc(Cl)ccc1OCCN)C2. The van der Waals surface area contributed by atoms with Crippen molar-refractivity contribution in [1.82, 2.24) is 9.80 Å². The van der Waals surface area contributed by atoms with Gasteiger partial charge in [-0.1, -0.05) is 11.6 Å². The zero-order valence-corrected chi connectivity index (χ0v) is 14.7. The van der Waals surface area contributed by atoms with Gasteiger partial charge in [0, 0.05) is 37.1 Å². The fraction of sp³-hybridized carbons (Fsp3) is 0.588. The largest absolute Gasteiger partial charge is 0.491 e. The molecule has 1 amide bonds. The summed E-state index contributed by atoms with van der Waals surface area (Å²) < 4.78 is 11.4. The maximum atomic E-state index is 13.1. The molecule has 2 aliphatic heterocycles. The Labute approximate surface area is 147 Å². The third-order valence-corrected chi connectivity index (χ3v) is 4.81. The summed E-state index contributed by atoms with van der Waals surface area (Å²) in [5.74, 6) is 0.810. The number of likely N-dealkylation sites (N-methyl/N-ethyl adjacent to an activating group) is 1. The van der Waals surface area contributed by atoms with E-state index in [0.29, 0.717) is 61.7 Å². The predicted octanol–water partition coefficient (Wildman–Crippen LogP) is 1.08. The van der Waals surface area contributed by atoms with Crippen molar-refractivity contribution in [2.75, 3.05) is 53.0 Å². The molecule has 0 aliphatic carbocycles. The maximum Gasteiger partial charge on any atom is 0.257 e. The minimum absolute atomic E-state index is 0.0447. The molecule has 6 nitrogen and oxygen atoms in total. The smallest absolute Gasteiger partial charge is 0.257 e. The average Bonchev–Trinajstić information content (AvgIpc) is 2.81. The molecule has 2 saturated heterocycles. The zero-order chi connectivity index (χ0) is 17.1. The van der Waals surface area contributed by atoms with Gasteiger partial charge in [0.05, 0.1) is 24.8 Å². The number of fused-ring (bicyclic) bond motifs is 3. The van der Waals surface area contributed by atoms with Gasteiger partial charge in [0.15, 0.2) is 0 Å². The van der Waals surface area contributed by atoms with Gasteiger partial charge in [-0.05, 0) is 25.2 Å². The molecule has 2 aliphatic rings. The lowest BCUT2D eigenvalue weighted by Gasteiger charge is -2.30. The van der Waals surface area contributed by atoms with E-state index in [9.17, 15) is 4.79 Å². The lowest BCUT2D eigenvalue weighted by molar-refractivity contribution is 0.0431. The number of hydrogen-bond donors (Lipinski definition) is 1. The summed E-state index contributed by atoms with van der Waals surface area (Å²) >= 11 is 6.11. The third kappa shape index (κ3) is 3.83. The fourth-order valence-electron chi connectivity index (χ4n) is 3.35. The first-order chi connectivity index (χ1) is 11.6. The molecule has 0 spiro atoms. The van der Waals surface area contributed by atoms with Gasteiger partial charge in [0.2, 0.25) is 0 Å².